The first-order chi connectivity index (χ1) is 15.3. The van der Waals surface area contributed by atoms with Crippen molar-refractivity contribution in [3.05, 3.63) is 106 Å². The van der Waals surface area contributed by atoms with Crippen LogP contribution in [-0.2, 0) is 25.8 Å². The second-order valence-corrected chi connectivity index (χ2v) is 8.88. The van der Waals surface area contributed by atoms with E-state index in [1.54, 1.807) is 0 Å². The molecule has 0 spiro atoms. The van der Waals surface area contributed by atoms with Crippen molar-refractivity contribution in [2.45, 2.75) is 44.7 Å². The maximum absolute atomic E-state index is 5.87. The zero-order valence-electron chi connectivity index (χ0n) is 18.1. The van der Waals surface area contributed by atoms with Crippen molar-refractivity contribution in [3.8, 4) is 0 Å². The molecule has 2 aliphatic carbocycles. The zero-order valence-corrected chi connectivity index (χ0v) is 18.1. The van der Waals surface area contributed by atoms with Gasteiger partial charge in [0.15, 0.2) is 0 Å². The van der Waals surface area contributed by atoms with E-state index in [-0.39, 0.29) is 0 Å². The number of pyridine rings is 1. The Morgan fingerprint density at radius 2 is 1.84 bits per heavy atom. The summed E-state index contributed by atoms with van der Waals surface area (Å²) in [7, 11) is 0. The highest BCUT2D eigenvalue weighted by Gasteiger charge is 2.28. The van der Waals surface area contributed by atoms with E-state index < -0.39 is 0 Å². The van der Waals surface area contributed by atoms with Crippen LogP contribution in [-0.4, -0.2) is 23.0 Å². The van der Waals surface area contributed by atoms with E-state index in [4.69, 9.17) is 10.7 Å². The van der Waals surface area contributed by atoms with E-state index in [0.717, 1.165) is 32.4 Å². The first kappa shape index (κ1) is 20.2. The lowest BCUT2D eigenvalue weighted by Gasteiger charge is -2.35. The molecule has 1 aromatic heterocycles. The molecule has 5 rings (SSSR count). The van der Waals surface area contributed by atoms with Gasteiger partial charge in [0, 0.05) is 25.8 Å². The molecule has 158 valence electrons. The summed E-state index contributed by atoms with van der Waals surface area (Å²) in [5, 5.41) is 0. The average molecular weight is 410 g/mol. The topological polar surface area (TPSA) is 42.1 Å². The number of rotatable bonds is 7. The van der Waals surface area contributed by atoms with Gasteiger partial charge >= 0.3 is 0 Å². The molecule has 0 saturated carbocycles. The minimum absolute atomic E-state index is 0.396. The summed E-state index contributed by atoms with van der Waals surface area (Å²) in [6, 6.07) is 22.3. The standard InChI is InChI=1S/C28H31N3/c29-19-22-7-3-6-21(16-22)13-15-31(20-23-17-25-8-1-2-9-26(25)18-23)27-12-4-10-24-11-5-14-30-28(24)27/h1-3,5-9,11,14,16-17,27H,4,10,12-13,15,18-20,29H2. The largest absolute Gasteiger partial charge is 0.326 e. The summed E-state index contributed by atoms with van der Waals surface area (Å²) in [6.45, 7) is 2.64. The summed E-state index contributed by atoms with van der Waals surface area (Å²) in [6.07, 6.45) is 10.0. The normalized spacial score (nSPS) is 17.4. The quantitative estimate of drug-likeness (QED) is 0.590. The van der Waals surface area contributed by atoms with Crippen molar-refractivity contribution in [1.82, 2.24) is 9.88 Å². The highest BCUT2D eigenvalue weighted by Crippen LogP contribution is 2.35. The highest BCUT2D eigenvalue weighted by atomic mass is 15.2. The number of aryl methyl sites for hydroxylation is 1. The molecule has 2 aliphatic rings. The number of aromatic nitrogens is 1. The van der Waals surface area contributed by atoms with E-state index in [9.17, 15) is 0 Å². The molecule has 0 fully saturated rings. The summed E-state index contributed by atoms with van der Waals surface area (Å²) >= 11 is 0. The molecule has 0 saturated heterocycles. The van der Waals surface area contributed by atoms with E-state index in [0.29, 0.717) is 12.6 Å². The predicted octanol–water partition coefficient (Wildman–Crippen LogP) is 5.10. The van der Waals surface area contributed by atoms with Crippen molar-refractivity contribution in [1.29, 1.82) is 0 Å². The molecule has 1 unspecified atom stereocenters. The van der Waals surface area contributed by atoms with Crippen LogP contribution in [0.1, 0.15) is 52.4 Å². The van der Waals surface area contributed by atoms with Crippen LogP contribution in [0.4, 0.5) is 0 Å². The third-order valence-corrected chi connectivity index (χ3v) is 6.76. The minimum Gasteiger partial charge on any atom is -0.326 e. The van der Waals surface area contributed by atoms with E-state index in [2.05, 4.69) is 71.6 Å². The minimum atomic E-state index is 0.396. The number of hydrogen-bond acceptors (Lipinski definition) is 3. The molecule has 0 bridgehead atoms. The van der Waals surface area contributed by atoms with Crippen LogP contribution >= 0.6 is 0 Å². The first-order valence-corrected chi connectivity index (χ1v) is 11.5. The van der Waals surface area contributed by atoms with Gasteiger partial charge in [-0.3, -0.25) is 9.88 Å². The predicted molar refractivity (Wildman–Crippen MR) is 128 cm³/mol. The second-order valence-electron chi connectivity index (χ2n) is 8.88. The maximum Gasteiger partial charge on any atom is 0.0607 e. The molecule has 3 nitrogen and oxygen atoms in total. The van der Waals surface area contributed by atoms with Gasteiger partial charge in [-0.15, -0.1) is 0 Å². The van der Waals surface area contributed by atoms with Crippen LogP contribution in [0.15, 0.2) is 72.4 Å². The maximum atomic E-state index is 5.87. The smallest absolute Gasteiger partial charge is 0.0607 e. The summed E-state index contributed by atoms with van der Waals surface area (Å²) in [4.78, 5) is 7.52. The summed E-state index contributed by atoms with van der Waals surface area (Å²) < 4.78 is 0. The lowest BCUT2D eigenvalue weighted by molar-refractivity contribution is 0.191. The Morgan fingerprint density at radius 3 is 2.74 bits per heavy atom. The molecule has 2 N–H and O–H groups in total. The Bertz CT molecular complexity index is 1080. The van der Waals surface area contributed by atoms with E-state index >= 15 is 0 Å². The second kappa shape index (κ2) is 9.17. The fourth-order valence-electron chi connectivity index (χ4n) is 5.18. The Morgan fingerprint density at radius 1 is 0.968 bits per heavy atom. The number of fused-ring (bicyclic) bond motifs is 2. The van der Waals surface area contributed by atoms with Crippen LogP contribution in [0.2, 0.25) is 0 Å². The molecular formula is C28H31N3. The monoisotopic (exact) mass is 409 g/mol. The van der Waals surface area contributed by atoms with Gasteiger partial charge in [0.2, 0.25) is 0 Å². The van der Waals surface area contributed by atoms with Gasteiger partial charge in [-0.1, -0.05) is 66.2 Å². The van der Waals surface area contributed by atoms with Gasteiger partial charge in [0.1, 0.15) is 0 Å². The summed E-state index contributed by atoms with van der Waals surface area (Å²) in [5.74, 6) is 0. The van der Waals surface area contributed by atoms with Crippen molar-refractivity contribution < 1.29 is 0 Å². The summed E-state index contributed by atoms with van der Waals surface area (Å²) in [5.41, 5.74) is 15.5. The number of hydrogen-bond donors (Lipinski definition) is 1. The van der Waals surface area contributed by atoms with Crippen molar-refractivity contribution in [2.75, 3.05) is 13.1 Å². The molecule has 2 aromatic carbocycles. The van der Waals surface area contributed by atoms with Gasteiger partial charge in [-0.2, -0.15) is 0 Å². The Hall–Kier alpha value is -2.75. The lowest BCUT2D eigenvalue weighted by atomic mass is 9.90. The first-order valence-electron chi connectivity index (χ1n) is 11.5. The fourth-order valence-corrected chi connectivity index (χ4v) is 5.18. The third-order valence-electron chi connectivity index (χ3n) is 6.76. The molecule has 3 heteroatoms. The molecule has 31 heavy (non-hydrogen) atoms. The van der Waals surface area contributed by atoms with Crippen molar-refractivity contribution in [2.24, 2.45) is 5.73 Å². The van der Waals surface area contributed by atoms with Gasteiger partial charge in [-0.25, -0.2) is 0 Å². The average Bonchev–Trinajstić information content (AvgIpc) is 3.24. The fraction of sp³-hybridized carbons (Fsp3) is 0.321. The van der Waals surface area contributed by atoms with Crippen LogP contribution in [0, 0.1) is 0 Å². The van der Waals surface area contributed by atoms with Crippen molar-refractivity contribution in [3.63, 3.8) is 0 Å². The SMILES string of the molecule is NCc1cccc(CCN(CC2=Cc3ccccc3C2)C2CCCc3cccnc32)c1. The van der Waals surface area contributed by atoms with Crippen LogP contribution < -0.4 is 5.73 Å². The van der Waals surface area contributed by atoms with Crippen LogP contribution in [0.5, 0.6) is 0 Å². The molecular weight excluding hydrogens is 378 g/mol. The number of nitrogens with zero attached hydrogens (tertiary/aromatic N) is 2. The van der Waals surface area contributed by atoms with Gasteiger partial charge in [-0.05, 0) is 66.0 Å². The Kier molecular flexibility index (Phi) is 5.97. The van der Waals surface area contributed by atoms with E-state index in [1.807, 2.05) is 6.20 Å². The highest BCUT2D eigenvalue weighted by molar-refractivity contribution is 5.63. The van der Waals surface area contributed by atoms with Gasteiger partial charge < -0.3 is 5.73 Å². The van der Waals surface area contributed by atoms with Crippen molar-refractivity contribution >= 4 is 6.08 Å². The van der Waals surface area contributed by atoms with Crippen LogP contribution in [0.25, 0.3) is 6.08 Å². The molecule has 0 amide bonds. The molecule has 0 radical (unpaired) electrons. The molecule has 1 atom stereocenters. The number of benzene rings is 2. The lowest BCUT2D eigenvalue weighted by Crippen LogP contribution is -2.35. The third kappa shape index (κ3) is 4.48. The molecule has 0 aliphatic heterocycles. The van der Waals surface area contributed by atoms with E-state index in [1.165, 1.54) is 51.9 Å². The Labute approximate surface area is 185 Å². The van der Waals surface area contributed by atoms with Gasteiger partial charge in [0.05, 0.1) is 11.7 Å². The zero-order chi connectivity index (χ0) is 21.0. The van der Waals surface area contributed by atoms with Crippen LogP contribution in [0.3, 0.4) is 0 Å². The van der Waals surface area contributed by atoms with Gasteiger partial charge in [0.25, 0.3) is 0 Å². The molecule has 1 heterocycles. The Balaban J connectivity index is 1.39. The number of nitrogens with two attached hydrogens (primary N) is 1. The molecule has 3 aromatic rings.